The molecular weight excluding hydrogens is 222 g/mol. The molecule has 1 aromatic heterocycles. The first-order valence-electron chi connectivity index (χ1n) is 7.49. The third-order valence-electron chi connectivity index (χ3n) is 4.41. The average Bonchev–Trinajstić information content (AvgIpc) is 2.82. The lowest BCUT2D eigenvalue weighted by atomic mass is 9.84. The second-order valence-electron chi connectivity index (χ2n) is 5.69. The second-order valence-corrected chi connectivity index (χ2v) is 5.69. The van der Waals surface area contributed by atoms with Crippen molar-refractivity contribution in [3.05, 3.63) is 18.0 Å². The summed E-state index contributed by atoms with van der Waals surface area (Å²) in [4.78, 5) is 0. The van der Waals surface area contributed by atoms with Crippen LogP contribution in [0.1, 0.15) is 51.8 Å². The van der Waals surface area contributed by atoms with E-state index >= 15 is 0 Å². The van der Waals surface area contributed by atoms with Crippen molar-refractivity contribution in [3.8, 4) is 0 Å². The van der Waals surface area contributed by atoms with Gasteiger partial charge in [0.1, 0.15) is 0 Å². The van der Waals surface area contributed by atoms with Crippen molar-refractivity contribution in [2.75, 3.05) is 13.1 Å². The van der Waals surface area contributed by atoms with Crippen molar-refractivity contribution < 1.29 is 0 Å². The maximum absolute atomic E-state index is 4.78. The molecule has 1 fully saturated rings. The fourth-order valence-corrected chi connectivity index (χ4v) is 2.99. The summed E-state index contributed by atoms with van der Waals surface area (Å²) in [6, 6.07) is 2.79. The maximum Gasteiger partial charge on any atom is 0.0627 e. The summed E-state index contributed by atoms with van der Waals surface area (Å²) in [6.45, 7) is 9.17. The molecule has 2 unspecified atom stereocenters. The lowest BCUT2D eigenvalue weighted by molar-refractivity contribution is 0.269. The first-order chi connectivity index (χ1) is 8.74. The van der Waals surface area contributed by atoms with E-state index < -0.39 is 0 Å². The van der Waals surface area contributed by atoms with Gasteiger partial charge in [-0.15, -0.1) is 0 Å². The van der Waals surface area contributed by atoms with Crippen molar-refractivity contribution in [1.29, 1.82) is 0 Å². The van der Waals surface area contributed by atoms with Gasteiger partial charge in [0.15, 0.2) is 0 Å². The van der Waals surface area contributed by atoms with Gasteiger partial charge in [0, 0.05) is 6.20 Å². The van der Waals surface area contributed by atoms with E-state index in [1.165, 1.54) is 31.5 Å². The molecule has 1 saturated heterocycles. The Morgan fingerprint density at radius 3 is 2.89 bits per heavy atom. The van der Waals surface area contributed by atoms with Crippen LogP contribution in [0.2, 0.25) is 0 Å². The Bertz CT molecular complexity index is 354. The Kier molecular flexibility index (Phi) is 4.81. The van der Waals surface area contributed by atoms with Gasteiger partial charge in [-0.1, -0.05) is 20.8 Å². The molecule has 1 aliphatic rings. The summed E-state index contributed by atoms with van der Waals surface area (Å²) >= 11 is 0. The summed E-state index contributed by atoms with van der Waals surface area (Å²) in [5.74, 6) is 1.58. The summed E-state index contributed by atoms with van der Waals surface area (Å²) in [7, 11) is 0. The van der Waals surface area contributed by atoms with Gasteiger partial charge in [-0.25, -0.2) is 0 Å². The first-order valence-corrected chi connectivity index (χ1v) is 7.49. The van der Waals surface area contributed by atoms with E-state index in [4.69, 9.17) is 5.10 Å². The molecule has 1 aliphatic heterocycles. The summed E-state index contributed by atoms with van der Waals surface area (Å²) in [5.41, 5.74) is 1.28. The molecule has 3 heteroatoms. The summed E-state index contributed by atoms with van der Waals surface area (Å²) in [5, 5.41) is 8.24. The molecule has 0 radical (unpaired) electrons. The van der Waals surface area contributed by atoms with E-state index in [1.54, 1.807) is 0 Å². The molecule has 0 bridgehead atoms. The minimum absolute atomic E-state index is 0.573. The molecule has 0 spiro atoms. The van der Waals surface area contributed by atoms with Crippen molar-refractivity contribution in [2.45, 2.75) is 52.5 Å². The van der Waals surface area contributed by atoms with Crippen LogP contribution in [0, 0.1) is 11.8 Å². The molecule has 2 atom stereocenters. The van der Waals surface area contributed by atoms with Crippen LogP contribution in [0.15, 0.2) is 12.3 Å². The van der Waals surface area contributed by atoms with Crippen LogP contribution in [0.3, 0.4) is 0 Å². The molecule has 0 saturated carbocycles. The van der Waals surface area contributed by atoms with Crippen LogP contribution in [0.25, 0.3) is 0 Å². The third-order valence-corrected chi connectivity index (χ3v) is 4.41. The molecule has 3 nitrogen and oxygen atoms in total. The lowest BCUT2D eigenvalue weighted by Crippen LogP contribution is -2.36. The third kappa shape index (κ3) is 3.14. The van der Waals surface area contributed by atoms with Crippen molar-refractivity contribution in [1.82, 2.24) is 15.1 Å². The van der Waals surface area contributed by atoms with Crippen LogP contribution in [0.5, 0.6) is 0 Å². The van der Waals surface area contributed by atoms with E-state index in [0.717, 1.165) is 24.8 Å². The highest BCUT2D eigenvalue weighted by Gasteiger charge is 2.22. The number of rotatable bonds is 5. The monoisotopic (exact) mass is 249 g/mol. The van der Waals surface area contributed by atoms with Crippen LogP contribution in [-0.4, -0.2) is 22.9 Å². The van der Waals surface area contributed by atoms with Gasteiger partial charge in [0.2, 0.25) is 0 Å². The quantitative estimate of drug-likeness (QED) is 0.869. The van der Waals surface area contributed by atoms with Gasteiger partial charge in [0.25, 0.3) is 0 Å². The highest BCUT2D eigenvalue weighted by atomic mass is 15.3. The predicted octanol–water partition coefficient (Wildman–Crippen LogP) is 3.03. The van der Waals surface area contributed by atoms with Crippen molar-refractivity contribution >= 4 is 0 Å². The zero-order chi connectivity index (χ0) is 13.0. The zero-order valence-corrected chi connectivity index (χ0v) is 12.0. The Hall–Kier alpha value is -0.830. The molecular formula is C15H27N3. The average molecular weight is 249 g/mol. The topological polar surface area (TPSA) is 29.9 Å². The SMILES string of the molecule is CCC(CC)n1ccc(CC2CCNCC2C)n1. The Morgan fingerprint density at radius 2 is 2.22 bits per heavy atom. The van der Waals surface area contributed by atoms with E-state index in [-0.39, 0.29) is 0 Å². The summed E-state index contributed by atoms with van der Waals surface area (Å²) < 4.78 is 2.17. The largest absolute Gasteiger partial charge is 0.316 e. The predicted molar refractivity (Wildman–Crippen MR) is 75.7 cm³/mol. The fourth-order valence-electron chi connectivity index (χ4n) is 2.99. The minimum atomic E-state index is 0.573. The Morgan fingerprint density at radius 1 is 1.44 bits per heavy atom. The maximum atomic E-state index is 4.78. The van der Waals surface area contributed by atoms with E-state index in [2.05, 4.69) is 43.0 Å². The Balaban J connectivity index is 1.97. The molecule has 18 heavy (non-hydrogen) atoms. The number of hydrogen-bond acceptors (Lipinski definition) is 2. The molecule has 1 N–H and O–H groups in total. The van der Waals surface area contributed by atoms with Crippen LogP contribution >= 0.6 is 0 Å². The van der Waals surface area contributed by atoms with Gasteiger partial charge < -0.3 is 5.32 Å². The molecule has 0 amide bonds. The number of nitrogens with zero attached hydrogens (tertiary/aromatic N) is 2. The van der Waals surface area contributed by atoms with Crippen LogP contribution in [-0.2, 0) is 6.42 Å². The lowest BCUT2D eigenvalue weighted by Gasteiger charge is -2.28. The fraction of sp³-hybridized carbons (Fsp3) is 0.800. The van der Waals surface area contributed by atoms with E-state index in [1.807, 2.05) is 0 Å². The van der Waals surface area contributed by atoms with E-state index in [0.29, 0.717) is 6.04 Å². The Labute approximate surface area is 111 Å². The van der Waals surface area contributed by atoms with Gasteiger partial charge in [-0.05, 0) is 56.7 Å². The van der Waals surface area contributed by atoms with Gasteiger partial charge >= 0.3 is 0 Å². The zero-order valence-electron chi connectivity index (χ0n) is 12.0. The van der Waals surface area contributed by atoms with Crippen molar-refractivity contribution in [3.63, 3.8) is 0 Å². The smallest absolute Gasteiger partial charge is 0.0627 e. The van der Waals surface area contributed by atoms with Crippen molar-refractivity contribution in [2.24, 2.45) is 11.8 Å². The first kappa shape index (κ1) is 13.6. The highest BCUT2D eigenvalue weighted by molar-refractivity contribution is 5.02. The molecule has 0 aromatic carbocycles. The van der Waals surface area contributed by atoms with Gasteiger partial charge in [0.05, 0.1) is 11.7 Å². The number of aromatic nitrogens is 2. The van der Waals surface area contributed by atoms with Crippen LogP contribution < -0.4 is 5.32 Å². The normalized spacial score (nSPS) is 24.7. The number of hydrogen-bond donors (Lipinski definition) is 1. The highest BCUT2D eigenvalue weighted by Crippen LogP contribution is 2.23. The van der Waals surface area contributed by atoms with Gasteiger partial charge in [-0.3, -0.25) is 4.68 Å². The molecule has 1 aromatic rings. The molecule has 2 rings (SSSR count). The molecule has 2 heterocycles. The standard InChI is InChI=1S/C15H27N3/c1-4-15(5-2)18-9-7-14(17-18)10-13-6-8-16-11-12(13)3/h7,9,12-13,15-16H,4-6,8,10-11H2,1-3H3. The van der Waals surface area contributed by atoms with Crippen LogP contribution in [0.4, 0.5) is 0 Å². The second kappa shape index (κ2) is 6.37. The number of nitrogens with one attached hydrogen (secondary N) is 1. The molecule has 0 aliphatic carbocycles. The minimum Gasteiger partial charge on any atom is -0.316 e. The molecule has 102 valence electrons. The summed E-state index contributed by atoms with van der Waals surface area (Å²) in [6.07, 6.45) is 6.94. The van der Waals surface area contributed by atoms with E-state index in [9.17, 15) is 0 Å². The van der Waals surface area contributed by atoms with Gasteiger partial charge in [-0.2, -0.15) is 5.10 Å². The number of piperidine rings is 1.